The van der Waals surface area contributed by atoms with Crippen molar-refractivity contribution in [2.75, 3.05) is 41.3 Å². The summed E-state index contributed by atoms with van der Waals surface area (Å²) in [6.45, 7) is 2.39. The number of nitrogens with one attached hydrogen (secondary N) is 1. The van der Waals surface area contributed by atoms with E-state index in [2.05, 4.69) is 32.4 Å². The van der Waals surface area contributed by atoms with Crippen LogP contribution in [0.1, 0.15) is 5.56 Å². The Labute approximate surface area is 203 Å². The monoisotopic (exact) mass is 497 g/mol. The van der Waals surface area contributed by atoms with Gasteiger partial charge < -0.3 is 15.1 Å². The van der Waals surface area contributed by atoms with Gasteiger partial charge in [0.1, 0.15) is 6.54 Å². The van der Waals surface area contributed by atoms with Gasteiger partial charge in [0.2, 0.25) is 11.6 Å². The van der Waals surface area contributed by atoms with E-state index in [0.717, 1.165) is 35.6 Å². The summed E-state index contributed by atoms with van der Waals surface area (Å²) in [5, 5.41) is 6.70. The van der Waals surface area contributed by atoms with Crippen LogP contribution in [0.3, 0.4) is 0 Å². The first-order valence-electron chi connectivity index (χ1n) is 11.3. The summed E-state index contributed by atoms with van der Waals surface area (Å²) in [5.74, 6) is -0.148. The highest BCUT2D eigenvalue weighted by molar-refractivity contribution is 5.90. The third kappa shape index (κ3) is 4.74. The maximum Gasteiger partial charge on any atom is 0.416 e. The second-order valence-electron chi connectivity index (χ2n) is 8.32. The molecule has 2 aromatic carbocycles. The van der Waals surface area contributed by atoms with Gasteiger partial charge in [0, 0.05) is 49.9 Å². The van der Waals surface area contributed by atoms with Gasteiger partial charge in [-0.05, 0) is 30.3 Å². The Morgan fingerprint density at radius 1 is 0.972 bits per heavy atom. The zero-order valence-corrected chi connectivity index (χ0v) is 19.0. The molecule has 0 radical (unpaired) electrons. The number of para-hydroxylation sites is 1. The van der Waals surface area contributed by atoms with E-state index in [4.69, 9.17) is 0 Å². The highest BCUT2D eigenvalue weighted by Gasteiger charge is 2.30. The molecule has 0 saturated carbocycles. The number of hydrogen-bond donors (Lipinski definition) is 1. The van der Waals surface area contributed by atoms with E-state index in [9.17, 15) is 22.8 Å². The van der Waals surface area contributed by atoms with E-state index < -0.39 is 29.9 Å². The van der Waals surface area contributed by atoms with Gasteiger partial charge in [0.25, 0.3) is 0 Å². The predicted molar refractivity (Wildman–Crippen MR) is 128 cm³/mol. The molecule has 1 N–H and O–H groups in total. The SMILES string of the molecule is O=C(Cn1nc2c(N3CCN(c4ccccc4)CC3)nccn2c1=O)Nc1cccc(C(F)(F)F)c1. The fourth-order valence-electron chi connectivity index (χ4n) is 4.19. The van der Waals surface area contributed by atoms with Crippen molar-refractivity contribution in [1.29, 1.82) is 0 Å². The van der Waals surface area contributed by atoms with Crippen LogP contribution in [-0.4, -0.2) is 51.3 Å². The maximum atomic E-state index is 12.9. The third-order valence-electron chi connectivity index (χ3n) is 5.95. The van der Waals surface area contributed by atoms with Crippen LogP contribution >= 0.6 is 0 Å². The number of halogens is 3. The lowest BCUT2D eigenvalue weighted by atomic mass is 10.2. The standard InChI is InChI=1S/C24H22F3N7O2/c25-24(26,27)17-5-4-6-18(15-17)29-20(35)16-34-23(36)33-10-9-28-21(22(33)30-34)32-13-11-31(12-14-32)19-7-2-1-3-8-19/h1-10,15H,11-14,16H2,(H,29,35). The molecule has 1 aliphatic rings. The van der Waals surface area contributed by atoms with Crippen LogP contribution in [0, 0.1) is 0 Å². The van der Waals surface area contributed by atoms with Crippen LogP contribution in [0.5, 0.6) is 0 Å². The first-order valence-corrected chi connectivity index (χ1v) is 11.3. The third-order valence-corrected chi connectivity index (χ3v) is 5.95. The Morgan fingerprint density at radius 2 is 1.69 bits per heavy atom. The Bertz CT molecular complexity index is 1440. The zero-order valence-electron chi connectivity index (χ0n) is 19.0. The highest BCUT2D eigenvalue weighted by atomic mass is 19.4. The van der Waals surface area contributed by atoms with Gasteiger partial charge in [-0.1, -0.05) is 24.3 Å². The summed E-state index contributed by atoms with van der Waals surface area (Å²) in [7, 11) is 0. The molecule has 186 valence electrons. The van der Waals surface area contributed by atoms with Gasteiger partial charge in [0.15, 0.2) is 5.82 Å². The van der Waals surface area contributed by atoms with E-state index in [-0.39, 0.29) is 5.69 Å². The van der Waals surface area contributed by atoms with E-state index in [1.807, 2.05) is 23.1 Å². The molecule has 1 fully saturated rings. The summed E-state index contributed by atoms with van der Waals surface area (Å²) in [6, 6.07) is 14.4. The lowest BCUT2D eigenvalue weighted by Crippen LogP contribution is -2.47. The number of benzene rings is 2. The van der Waals surface area contributed by atoms with Gasteiger partial charge >= 0.3 is 11.9 Å². The molecule has 9 nitrogen and oxygen atoms in total. The van der Waals surface area contributed by atoms with Crippen molar-refractivity contribution in [2.45, 2.75) is 12.7 Å². The smallest absolute Gasteiger partial charge is 0.368 e. The average molecular weight is 497 g/mol. The Balaban J connectivity index is 1.32. The molecule has 36 heavy (non-hydrogen) atoms. The minimum absolute atomic E-state index is 0.0229. The van der Waals surface area contributed by atoms with Crippen LogP contribution in [0.2, 0.25) is 0 Å². The number of nitrogens with zero attached hydrogens (tertiary/aromatic N) is 6. The van der Waals surface area contributed by atoms with Crippen LogP contribution in [-0.2, 0) is 17.5 Å². The van der Waals surface area contributed by atoms with Crippen molar-refractivity contribution in [3.8, 4) is 0 Å². The number of carbonyl (C=O) groups excluding carboxylic acids is 1. The molecule has 4 aromatic rings. The van der Waals surface area contributed by atoms with Crippen LogP contribution in [0.4, 0.5) is 30.4 Å². The van der Waals surface area contributed by atoms with Crippen LogP contribution in [0.15, 0.2) is 71.8 Å². The summed E-state index contributed by atoms with van der Waals surface area (Å²) in [5.41, 5.74) is -0.00699. The molecule has 0 spiro atoms. The van der Waals surface area contributed by atoms with Crippen molar-refractivity contribution in [2.24, 2.45) is 0 Å². The number of fused-ring (bicyclic) bond motifs is 1. The number of alkyl halides is 3. The molecule has 2 aromatic heterocycles. The Kier molecular flexibility index (Phi) is 6.08. The molecule has 1 aliphatic heterocycles. The predicted octanol–water partition coefficient (Wildman–Crippen LogP) is 2.88. The summed E-state index contributed by atoms with van der Waals surface area (Å²) < 4.78 is 41.1. The topological polar surface area (TPSA) is 87.8 Å². The lowest BCUT2D eigenvalue weighted by Gasteiger charge is -2.36. The average Bonchev–Trinajstić information content (AvgIpc) is 3.19. The molecule has 1 saturated heterocycles. The first-order chi connectivity index (χ1) is 17.3. The quantitative estimate of drug-likeness (QED) is 0.456. The number of aromatic nitrogens is 4. The summed E-state index contributed by atoms with van der Waals surface area (Å²) >= 11 is 0. The minimum Gasteiger partial charge on any atom is -0.368 e. The molecule has 3 heterocycles. The number of amides is 1. The fourth-order valence-corrected chi connectivity index (χ4v) is 4.19. The van der Waals surface area contributed by atoms with E-state index in [0.29, 0.717) is 24.6 Å². The van der Waals surface area contributed by atoms with Crippen LogP contribution < -0.4 is 20.8 Å². The van der Waals surface area contributed by atoms with Gasteiger partial charge in [-0.25, -0.2) is 18.9 Å². The fraction of sp³-hybridized carbons (Fsp3) is 0.250. The minimum atomic E-state index is -4.53. The first kappa shape index (κ1) is 23.4. The number of anilines is 3. The molecular weight excluding hydrogens is 475 g/mol. The largest absolute Gasteiger partial charge is 0.416 e. The van der Waals surface area contributed by atoms with Gasteiger partial charge in [-0.3, -0.25) is 4.79 Å². The molecule has 0 aliphatic carbocycles. The second kappa shape index (κ2) is 9.36. The number of hydrogen-bond acceptors (Lipinski definition) is 6. The van der Waals surface area contributed by atoms with Crippen molar-refractivity contribution in [3.05, 3.63) is 83.0 Å². The maximum absolute atomic E-state index is 12.9. The van der Waals surface area contributed by atoms with Gasteiger partial charge in [-0.2, -0.15) is 13.2 Å². The molecule has 5 rings (SSSR count). The molecule has 1 amide bonds. The van der Waals surface area contributed by atoms with E-state index in [1.54, 1.807) is 0 Å². The van der Waals surface area contributed by atoms with Gasteiger partial charge in [0.05, 0.1) is 5.56 Å². The van der Waals surface area contributed by atoms with Crippen molar-refractivity contribution < 1.29 is 18.0 Å². The Morgan fingerprint density at radius 3 is 2.42 bits per heavy atom. The van der Waals surface area contributed by atoms with Crippen molar-refractivity contribution in [1.82, 2.24) is 19.2 Å². The van der Waals surface area contributed by atoms with E-state index >= 15 is 0 Å². The normalized spacial score (nSPS) is 14.3. The second-order valence-corrected chi connectivity index (χ2v) is 8.32. The molecular formula is C24H22F3N7O2. The number of carbonyl (C=O) groups is 1. The van der Waals surface area contributed by atoms with Crippen molar-refractivity contribution in [3.63, 3.8) is 0 Å². The van der Waals surface area contributed by atoms with Gasteiger partial charge in [-0.15, -0.1) is 5.10 Å². The molecule has 0 atom stereocenters. The lowest BCUT2D eigenvalue weighted by molar-refractivity contribution is -0.137. The molecule has 0 bridgehead atoms. The van der Waals surface area contributed by atoms with Crippen LogP contribution in [0.25, 0.3) is 5.65 Å². The summed E-state index contributed by atoms with van der Waals surface area (Å²) in [6.07, 6.45) is -1.56. The molecule has 0 unspecified atom stereocenters. The molecule has 12 heteroatoms. The Hall–Kier alpha value is -4.35. The number of rotatable bonds is 5. The number of piperazine rings is 1. The van der Waals surface area contributed by atoms with Crippen molar-refractivity contribution >= 4 is 28.7 Å². The zero-order chi connectivity index (χ0) is 25.3. The summed E-state index contributed by atoms with van der Waals surface area (Å²) in [4.78, 5) is 34.1. The van der Waals surface area contributed by atoms with E-state index in [1.165, 1.54) is 28.9 Å². The highest BCUT2D eigenvalue weighted by Crippen LogP contribution is 2.30.